The third-order valence-corrected chi connectivity index (χ3v) is 5.76. The molecule has 1 aliphatic carbocycles. The van der Waals surface area contributed by atoms with E-state index in [-0.39, 0.29) is 0 Å². The molecule has 1 aliphatic heterocycles. The van der Waals surface area contributed by atoms with Gasteiger partial charge in [-0.05, 0) is 28.7 Å². The zero-order chi connectivity index (χ0) is 20.3. The van der Waals surface area contributed by atoms with Crippen LogP contribution in [0.1, 0.15) is 24.0 Å². The van der Waals surface area contributed by atoms with Crippen LogP contribution in [-0.2, 0) is 10.3 Å². The van der Waals surface area contributed by atoms with Crippen LogP contribution in [0.25, 0.3) is 0 Å². The van der Waals surface area contributed by atoms with E-state index >= 15 is 0 Å². The van der Waals surface area contributed by atoms with Gasteiger partial charge in [0.05, 0.1) is 12.1 Å². The first kappa shape index (κ1) is 19.4. The molecule has 0 bridgehead atoms. The lowest BCUT2D eigenvalue weighted by molar-refractivity contribution is -0.117. The van der Waals surface area contributed by atoms with Crippen LogP contribution in [0.4, 0.5) is 0 Å². The minimum Gasteiger partial charge on any atom is -0.383 e. The van der Waals surface area contributed by atoms with Crippen molar-refractivity contribution in [2.45, 2.75) is 18.4 Å². The van der Waals surface area contributed by atoms with Crippen LogP contribution in [0.3, 0.4) is 0 Å². The summed E-state index contributed by atoms with van der Waals surface area (Å²) < 4.78 is 0. The summed E-state index contributed by atoms with van der Waals surface area (Å²) in [4.78, 5) is 16.8. The van der Waals surface area contributed by atoms with E-state index in [2.05, 4.69) is 94.9 Å². The lowest BCUT2D eigenvalue weighted by atomic mass is 9.73. The Morgan fingerprint density at radius 1 is 0.931 bits per heavy atom. The van der Waals surface area contributed by atoms with Crippen LogP contribution in [0.15, 0.2) is 96.2 Å². The molecule has 0 saturated carbocycles. The van der Waals surface area contributed by atoms with Gasteiger partial charge in [0.25, 0.3) is 0 Å². The number of carbonyl (C=O) groups is 1. The van der Waals surface area contributed by atoms with Gasteiger partial charge in [-0.25, -0.2) is 0 Å². The van der Waals surface area contributed by atoms with Crippen molar-refractivity contribution in [2.75, 3.05) is 27.2 Å². The molecule has 1 saturated heterocycles. The predicted molar refractivity (Wildman–Crippen MR) is 118 cm³/mol. The predicted octanol–water partition coefficient (Wildman–Crippen LogP) is 4.54. The van der Waals surface area contributed by atoms with Gasteiger partial charge in [-0.1, -0.05) is 78.9 Å². The van der Waals surface area contributed by atoms with E-state index in [9.17, 15) is 4.79 Å². The van der Waals surface area contributed by atoms with Crippen LogP contribution in [0, 0.1) is 0 Å². The molecule has 2 aromatic rings. The summed E-state index contributed by atoms with van der Waals surface area (Å²) in [6, 6.07) is 21.2. The van der Waals surface area contributed by atoms with E-state index in [1.54, 1.807) is 0 Å². The number of benzene rings is 2. The molecule has 0 unspecified atom stereocenters. The molecule has 3 heteroatoms. The highest BCUT2D eigenvalue weighted by Crippen LogP contribution is 2.45. The van der Waals surface area contributed by atoms with Crippen molar-refractivity contribution in [1.29, 1.82) is 0 Å². The summed E-state index contributed by atoms with van der Waals surface area (Å²) in [5.74, 6) is 0.315. The van der Waals surface area contributed by atoms with Crippen molar-refractivity contribution in [3.63, 3.8) is 0 Å². The molecule has 3 nitrogen and oxygen atoms in total. The molecule has 1 fully saturated rings. The third-order valence-electron chi connectivity index (χ3n) is 5.76. The summed E-state index contributed by atoms with van der Waals surface area (Å²) in [5, 5.41) is 0. The van der Waals surface area contributed by atoms with Gasteiger partial charge in [0.2, 0.25) is 0 Å². The SMILES string of the molecule is CN(C)C=C1C=CC(C(c2ccccc2)(c2ccccc2)N2CCC(=O)C2)=CC1. The Morgan fingerprint density at radius 2 is 1.55 bits per heavy atom. The van der Waals surface area contributed by atoms with Gasteiger partial charge in [0.1, 0.15) is 5.78 Å². The molecule has 0 spiro atoms. The van der Waals surface area contributed by atoms with Gasteiger partial charge in [0, 0.05) is 33.3 Å². The Balaban J connectivity index is 1.91. The van der Waals surface area contributed by atoms with Gasteiger partial charge in [-0.2, -0.15) is 0 Å². The molecule has 1 heterocycles. The van der Waals surface area contributed by atoms with Gasteiger partial charge in [-0.3, -0.25) is 9.69 Å². The average Bonchev–Trinajstić information content (AvgIpc) is 3.17. The minimum absolute atomic E-state index is 0.315. The largest absolute Gasteiger partial charge is 0.383 e. The van der Waals surface area contributed by atoms with Crippen molar-refractivity contribution in [1.82, 2.24) is 9.80 Å². The number of hydrogen-bond acceptors (Lipinski definition) is 3. The second-order valence-electron chi connectivity index (χ2n) is 8.02. The number of carbonyl (C=O) groups excluding carboxylic acids is 1. The normalized spacial score (nSPS) is 18.9. The van der Waals surface area contributed by atoms with E-state index in [1.165, 1.54) is 22.3 Å². The zero-order valence-electron chi connectivity index (χ0n) is 17.2. The maximum Gasteiger partial charge on any atom is 0.148 e. The highest BCUT2D eigenvalue weighted by molar-refractivity contribution is 5.83. The quantitative estimate of drug-likeness (QED) is 0.756. The van der Waals surface area contributed by atoms with E-state index in [0.29, 0.717) is 18.7 Å². The molecule has 0 atom stereocenters. The lowest BCUT2D eigenvalue weighted by Crippen LogP contribution is -2.47. The topological polar surface area (TPSA) is 23.6 Å². The fraction of sp³-hybridized carbons (Fsp3) is 0.269. The van der Waals surface area contributed by atoms with E-state index < -0.39 is 5.54 Å². The van der Waals surface area contributed by atoms with Gasteiger partial charge in [-0.15, -0.1) is 0 Å². The van der Waals surface area contributed by atoms with Gasteiger partial charge in [0.15, 0.2) is 0 Å². The Bertz CT molecular complexity index is 915. The molecular formula is C26H28N2O. The number of rotatable bonds is 5. The number of nitrogens with zero attached hydrogens (tertiary/aromatic N) is 2. The summed E-state index contributed by atoms with van der Waals surface area (Å²) in [6.45, 7) is 1.25. The molecular weight excluding hydrogens is 356 g/mol. The molecule has 4 rings (SSSR count). The molecule has 0 N–H and O–H groups in total. The smallest absolute Gasteiger partial charge is 0.148 e. The van der Waals surface area contributed by atoms with E-state index in [0.717, 1.165) is 13.0 Å². The average molecular weight is 385 g/mol. The minimum atomic E-state index is -0.463. The Morgan fingerprint density at radius 3 is 2.00 bits per heavy atom. The maximum atomic E-state index is 12.3. The Kier molecular flexibility index (Phi) is 5.50. The standard InChI is InChI=1S/C26H28N2O/c1-27(2)19-21-13-15-24(16-14-21)26(22-9-5-3-6-10-22,23-11-7-4-8-12-23)28-18-17-25(29)20-28/h3-13,15-16,19H,14,17-18,20H2,1-2H3. The Labute approximate surface area is 173 Å². The number of ketones is 1. The van der Waals surface area contributed by atoms with Crippen LogP contribution >= 0.6 is 0 Å². The first-order chi connectivity index (χ1) is 14.1. The lowest BCUT2D eigenvalue weighted by Gasteiger charge is -2.44. The molecule has 0 aromatic heterocycles. The van der Waals surface area contributed by atoms with Crippen molar-refractivity contribution in [3.8, 4) is 0 Å². The molecule has 2 aliphatic rings. The van der Waals surface area contributed by atoms with E-state index in [4.69, 9.17) is 0 Å². The zero-order valence-corrected chi connectivity index (χ0v) is 17.2. The number of likely N-dealkylation sites (tertiary alicyclic amines) is 1. The maximum absolute atomic E-state index is 12.3. The monoisotopic (exact) mass is 384 g/mol. The third kappa shape index (κ3) is 3.70. The van der Waals surface area contributed by atoms with Crippen LogP contribution in [-0.4, -0.2) is 42.8 Å². The van der Waals surface area contributed by atoms with Crippen molar-refractivity contribution in [3.05, 3.63) is 107 Å². The van der Waals surface area contributed by atoms with Crippen LogP contribution < -0.4 is 0 Å². The van der Waals surface area contributed by atoms with Crippen LogP contribution in [0.2, 0.25) is 0 Å². The fourth-order valence-electron chi connectivity index (χ4n) is 4.58. The molecule has 0 radical (unpaired) electrons. The number of hydrogen-bond donors (Lipinski definition) is 0. The highest BCUT2D eigenvalue weighted by atomic mass is 16.1. The number of Topliss-reactive ketones (excluding diaryl/α,β-unsaturated/α-hetero) is 1. The highest BCUT2D eigenvalue weighted by Gasteiger charge is 2.45. The summed E-state index contributed by atoms with van der Waals surface area (Å²) in [6.07, 6.45) is 10.4. The number of allylic oxidation sites excluding steroid dienone is 3. The van der Waals surface area contributed by atoms with Crippen molar-refractivity contribution >= 4 is 5.78 Å². The first-order valence-electron chi connectivity index (χ1n) is 10.2. The van der Waals surface area contributed by atoms with Gasteiger partial charge < -0.3 is 4.90 Å². The molecule has 29 heavy (non-hydrogen) atoms. The summed E-state index contributed by atoms with van der Waals surface area (Å²) in [5.41, 5.74) is 4.47. The second-order valence-corrected chi connectivity index (χ2v) is 8.02. The van der Waals surface area contributed by atoms with Gasteiger partial charge >= 0.3 is 0 Å². The first-order valence-corrected chi connectivity index (χ1v) is 10.2. The van der Waals surface area contributed by atoms with Crippen molar-refractivity contribution in [2.24, 2.45) is 0 Å². The molecule has 2 aromatic carbocycles. The fourth-order valence-corrected chi connectivity index (χ4v) is 4.58. The molecule has 148 valence electrons. The van der Waals surface area contributed by atoms with Crippen LogP contribution in [0.5, 0.6) is 0 Å². The second kappa shape index (κ2) is 8.22. The molecule has 0 amide bonds. The van der Waals surface area contributed by atoms with E-state index in [1.807, 2.05) is 14.1 Å². The van der Waals surface area contributed by atoms with Crippen molar-refractivity contribution < 1.29 is 4.79 Å². The summed E-state index contributed by atoms with van der Waals surface area (Å²) >= 11 is 0. The summed E-state index contributed by atoms with van der Waals surface area (Å²) in [7, 11) is 4.10. The Hall–Kier alpha value is -2.91.